The number of rotatable bonds is 10. The monoisotopic (exact) mass is 402 g/mol. The molecule has 1 unspecified atom stereocenters. The fraction of sp³-hybridized carbons (Fsp3) is 0.684. The summed E-state index contributed by atoms with van der Waals surface area (Å²) in [6, 6.07) is 4.97. The Kier molecular flexibility index (Phi) is 6.81. The fourth-order valence-electron chi connectivity index (χ4n) is 3.59. The van der Waals surface area contributed by atoms with E-state index in [0.717, 1.165) is 18.9 Å². The molecule has 0 spiro atoms. The zero-order chi connectivity index (χ0) is 18.6. The van der Waals surface area contributed by atoms with Crippen molar-refractivity contribution in [2.24, 2.45) is 11.8 Å². The lowest BCUT2D eigenvalue weighted by molar-refractivity contribution is 0.387. The quantitative estimate of drug-likeness (QED) is 0.577. The molecule has 1 aromatic carbocycles. The van der Waals surface area contributed by atoms with E-state index in [4.69, 9.17) is 11.6 Å². The van der Waals surface area contributed by atoms with Crippen LogP contribution in [0, 0.1) is 11.8 Å². The van der Waals surface area contributed by atoms with Gasteiger partial charge in [-0.25, -0.2) is 8.42 Å². The van der Waals surface area contributed by atoms with Gasteiger partial charge in [0.25, 0.3) is 0 Å². The highest BCUT2D eigenvalue weighted by Gasteiger charge is 2.33. The molecule has 0 amide bonds. The van der Waals surface area contributed by atoms with Crippen molar-refractivity contribution in [1.82, 2.24) is 4.31 Å². The van der Waals surface area contributed by atoms with E-state index in [9.17, 15) is 12.8 Å². The van der Waals surface area contributed by atoms with Gasteiger partial charge < -0.3 is 5.32 Å². The Morgan fingerprint density at radius 2 is 1.96 bits per heavy atom. The van der Waals surface area contributed by atoms with Crippen LogP contribution in [0.2, 0.25) is 5.02 Å². The van der Waals surface area contributed by atoms with Gasteiger partial charge in [-0.05, 0) is 49.3 Å². The average Bonchev–Trinajstić information content (AvgIpc) is 3.31. The number of sulfonamides is 1. The van der Waals surface area contributed by atoms with E-state index in [2.05, 4.69) is 5.32 Å². The van der Waals surface area contributed by atoms with Crippen LogP contribution in [0.15, 0.2) is 23.1 Å². The van der Waals surface area contributed by atoms with E-state index in [1.807, 2.05) is 0 Å². The van der Waals surface area contributed by atoms with Crippen molar-refractivity contribution < 1.29 is 12.8 Å². The van der Waals surface area contributed by atoms with Gasteiger partial charge in [0.05, 0.1) is 12.4 Å². The SMILES string of the molecule is O=S(=O)(c1cc(Cl)ccc1NCCCCC1CC1)N1CCC(CCF)C1. The Balaban J connectivity index is 1.65. The number of benzene rings is 1. The lowest BCUT2D eigenvalue weighted by Crippen LogP contribution is -2.29. The normalized spacial score (nSPS) is 21.2. The zero-order valence-corrected chi connectivity index (χ0v) is 16.7. The van der Waals surface area contributed by atoms with Crippen LogP contribution in [0.4, 0.5) is 10.1 Å². The van der Waals surface area contributed by atoms with Gasteiger partial charge in [-0.3, -0.25) is 4.39 Å². The van der Waals surface area contributed by atoms with Crippen molar-refractivity contribution in [3.63, 3.8) is 0 Å². The Morgan fingerprint density at radius 3 is 2.69 bits per heavy atom. The molecule has 1 atom stereocenters. The van der Waals surface area contributed by atoms with Crippen LogP contribution in [-0.4, -0.2) is 39.0 Å². The maximum absolute atomic E-state index is 13.1. The lowest BCUT2D eigenvalue weighted by atomic mass is 10.1. The van der Waals surface area contributed by atoms with Gasteiger partial charge in [0.1, 0.15) is 4.90 Å². The standard InChI is InChI=1S/C19H28ClFN2O2S/c20-17-6-7-18(22-11-2-1-3-15-4-5-15)19(13-17)26(24,25)23-12-9-16(14-23)8-10-21/h6-7,13,15-16,22H,1-5,8-12,14H2. The molecular formula is C19H28ClFN2O2S. The summed E-state index contributed by atoms with van der Waals surface area (Å²) >= 11 is 6.07. The average molecular weight is 403 g/mol. The molecule has 2 aliphatic rings. The molecule has 1 aliphatic carbocycles. The number of unbranched alkanes of at least 4 members (excludes halogenated alkanes) is 1. The van der Waals surface area contributed by atoms with E-state index in [1.165, 1.54) is 36.1 Å². The van der Waals surface area contributed by atoms with Crippen molar-refractivity contribution >= 4 is 27.3 Å². The van der Waals surface area contributed by atoms with E-state index in [1.54, 1.807) is 12.1 Å². The summed E-state index contributed by atoms with van der Waals surface area (Å²) in [5.74, 6) is 1.03. The minimum absolute atomic E-state index is 0.104. The summed E-state index contributed by atoms with van der Waals surface area (Å²) in [7, 11) is -3.63. The van der Waals surface area contributed by atoms with Crippen LogP contribution in [0.25, 0.3) is 0 Å². The van der Waals surface area contributed by atoms with Gasteiger partial charge in [0.15, 0.2) is 0 Å². The number of hydrogen-bond acceptors (Lipinski definition) is 3. The second-order valence-corrected chi connectivity index (χ2v) is 9.84. The molecule has 1 saturated carbocycles. The molecule has 1 saturated heterocycles. The summed E-state index contributed by atoms with van der Waals surface area (Å²) in [5.41, 5.74) is 0.606. The minimum atomic E-state index is -3.63. The van der Waals surface area contributed by atoms with Gasteiger partial charge >= 0.3 is 0 Å². The predicted octanol–water partition coefficient (Wildman–Crippen LogP) is 4.70. The second kappa shape index (κ2) is 8.89. The van der Waals surface area contributed by atoms with Crippen molar-refractivity contribution in [2.75, 3.05) is 31.6 Å². The molecule has 1 aliphatic heterocycles. The van der Waals surface area contributed by atoms with Crippen molar-refractivity contribution in [3.8, 4) is 0 Å². The van der Waals surface area contributed by atoms with Crippen molar-refractivity contribution in [1.29, 1.82) is 0 Å². The molecule has 4 nitrogen and oxygen atoms in total. The highest BCUT2D eigenvalue weighted by molar-refractivity contribution is 7.89. The third-order valence-corrected chi connectivity index (χ3v) is 7.52. The molecule has 146 valence electrons. The minimum Gasteiger partial charge on any atom is -0.384 e. The summed E-state index contributed by atoms with van der Waals surface area (Å²) in [5, 5.41) is 3.68. The van der Waals surface area contributed by atoms with Crippen molar-refractivity contribution in [3.05, 3.63) is 23.2 Å². The Labute approximate surface area is 161 Å². The van der Waals surface area contributed by atoms with Gasteiger partial charge in [-0.15, -0.1) is 0 Å². The highest BCUT2D eigenvalue weighted by atomic mass is 35.5. The first-order chi connectivity index (χ1) is 12.5. The summed E-state index contributed by atoms with van der Waals surface area (Å²) < 4.78 is 40.2. The first-order valence-electron chi connectivity index (χ1n) is 9.60. The molecular weight excluding hydrogens is 375 g/mol. The molecule has 2 fully saturated rings. The van der Waals surface area contributed by atoms with Gasteiger partial charge in [0, 0.05) is 24.7 Å². The van der Waals surface area contributed by atoms with Crippen LogP contribution in [0.1, 0.15) is 44.9 Å². The van der Waals surface area contributed by atoms with Crippen LogP contribution in [-0.2, 0) is 10.0 Å². The van der Waals surface area contributed by atoms with Crippen molar-refractivity contribution in [2.45, 2.75) is 49.8 Å². The van der Waals surface area contributed by atoms with Gasteiger partial charge in [-0.2, -0.15) is 4.31 Å². The Morgan fingerprint density at radius 1 is 1.15 bits per heavy atom. The molecule has 7 heteroatoms. The first kappa shape index (κ1) is 19.9. The molecule has 26 heavy (non-hydrogen) atoms. The smallest absolute Gasteiger partial charge is 0.245 e. The Hall–Kier alpha value is -0.850. The molecule has 3 rings (SSSR count). The van der Waals surface area contributed by atoms with E-state index < -0.39 is 16.7 Å². The highest BCUT2D eigenvalue weighted by Crippen LogP contribution is 2.34. The number of hydrogen-bond donors (Lipinski definition) is 1. The number of alkyl halides is 1. The lowest BCUT2D eigenvalue weighted by Gasteiger charge is -2.20. The Bertz CT molecular complexity index is 709. The van der Waals surface area contributed by atoms with E-state index in [0.29, 0.717) is 36.6 Å². The zero-order valence-electron chi connectivity index (χ0n) is 15.1. The van der Waals surface area contributed by atoms with E-state index >= 15 is 0 Å². The third kappa shape index (κ3) is 5.11. The number of nitrogens with zero attached hydrogens (tertiary/aromatic N) is 1. The summed E-state index contributed by atoms with van der Waals surface area (Å²) in [6.45, 7) is 1.19. The number of nitrogens with one attached hydrogen (secondary N) is 1. The molecule has 1 N–H and O–H groups in total. The molecule has 1 heterocycles. The molecule has 0 bridgehead atoms. The predicted molar refractivity (Wildman–Crippen MR) is 104 cm³/mol. The van der Waals surface area contributed by atoms with Crippen LogP contribution < -0.4 is 5.32 Å². The topological polar surface area (TPSA) is 49.4 Å². The molecule has 0 radical (unpaired) electrons. The first-order valence-corrected chi connectivity index (χ1v) is 11.4. The van der Waals surface area contributed by atoms with E-state index in [-0.39, 0.29) is 10.8 Å². The van der Waals surface area contributed by atoms with Crippen LogP contribution in [0.5, 0.6) is 0 Å². The second-order valence-electron chi connectivity index (χ2n) is 7.50. The maximum Gasteiger partial charge on any atom is 0.245 e. The maximum atomic E-state index is 13.1. The summed E-state index contributed by atoms with van der Waals surface area (Å²) in [4.78, 5) is 0.230. The third-order valence-electron chi connectivity index (χ3n) is 5.38. The van der Waals surface area contributed by atoms with Gasteiger partial charge in [0.2, 0.25) is 10.0 Å². The number of anilines is 1. The molecule has 0 aromatic heterocycles. The fourth-order valence-corrected chi connectivity index (χ4v) is 5.55. The van der Waals surface area contributed by atoms with Crippen LogP contribution in [0.3, 0.4) is 0 Å². The summed E-state index contributed by atoms with van der Waals surface area (Å²) in [6.07, 6.45) is 7.35. The van der Waals surface area contributed by atoms with Crippen LogP contribution >= 0.6 is 11.6 Å². The molecule has 1 aromatic rings. The number of halogens is 2. The van der Waals surface area contributed by atoms with Gasteiger partial charge in [-0.1, -0.05) is 37.3 Å². The largest absolute Gasteiger partial charge is 0.384 e.